The molecule has 0 fully saturated rings. The smallest absolute Gasteiger partial charge is 0.306 e. The summed E-state index contributed by atoms with van der Waals surface area (Å²) >= 11 is 0. The van der Waals surface area contributed by atoms with Crippen LogP contribution < -0.4 is 4.89 Å². The number of likely N-dealkylation sites (N-methyl/N-ethyl adjacent to an activating group) is 1. The molecule has 0 N–H and O–H groups in total. The monoisotopic (exact) mass is 815 g/mol. The van der Waals surface area contributed by atoms with Crippen molar-refractivity contribution < 1.29 is 42.1 Å². The topological polar surface area (TPSA) is 160 Å². The predicted octanol–water partition coefficient (Wildman–Crippen LogP) is 11.8. The average molecular weight is 815 g/mol. The number of hydrogen-bond donors (Lipinski definition) is 0. The summed E-state index contributed by atoms with van der Waals surface area (Å²) in [7, 11) is -0.999. The van der Waals surface area contributed by atoms with Gasteiger partial charge in [-0.05, 0) is 44.1 Å². The van der Waals surface area contributed by atoms with Gasteiger partial charge in [0.25, 0.3) is 7.82 Å². The van der Waals surface area contributed by atoms with Crippen LogP contribution in [0.2, 0.25) is 0 Å². The molecule has 0 spiro atoms. The lowest BCUT2D eigenvalue weighted by atomic mass is 10.0. The van der Waals surface area contributed by atoms with E-state index < -0.39 is 32.5 Å². The molecule has 0 aromatic rings. The van der Waals surface area contributed by atoms with Gasteiger partial charge in [0, 0.05) is 17.8 Å². The lowest BCUT2D eigenvalue weighted by Crippen LogP contribution is -2.44. The van der Waals surface area contributed by atoms with Crippen LogP contribution in [0.3, 0.4) is 0 Å². The van der Waals surface area contributed by atoms with E-state index in [0.717, 1.165) is 51.4 Å². The number of esters is 2. The third kappa shape index (κ3) is 38.9. The predicted molar refractivity (Wildman–Crippen MR) is 226 cm³/mol. The summed E-state index contributed by atoms with van der Waals surface area (Å²) in [6.45, 7) is 4.66. The Morgan fingerprint density at radius 3 is 1.59 bits per heavy atom. The molecule has 12 nitrogen and oxygen atoms in total. The number of phosphoric ester groups is 1. The fourth-order valence-corrected chi connectivity index (χ4v) is 7.06. The Kier molecular flexibility index (Phi) is 37.2. The highest BCUT2D eigenvalue weighted by molar-refractivity contribution is 7.45. The van der Waals surface area contributed by atoms with Gasteiger partial charge < -0.3 is 27.9 Å². The van der Waals surface area contributed by atoms with Crippen molar-refractivity contribution >= 4 is 19.8 Å². The molecule has 0 aromatic heterocycles. The van der Waals surface area contributed by atoms with Gasteiger partial charge in [0.2, 0.25) is 0 Å². The number of ether oxygens (including phenoxy) is 2. The molecule has 0 aliphatic heterocycles. The van der Waals surface area contributed by atoms with Crippen molar-refractivity contribution in [2.45, 2.75) is 200 Å². The first-order chi connectivity index (χ1) is 27.0. The molecule has 0 saturated heterocycles. The molecule has 1 unspecified atom stereocenters. The van der Waals surface area contributed by atoms with E-state index >= 15 is 0 Å². The highest BCUT2D eigenvalue weighted by atomic mass is 31.2. The van der Waals surface area contributed by atoms with Gasteiger partial charge in [-0.15, -0.1) is 0 Å². The molecule has 0 amide bonds. The van der Waals surface area contributed by atoms with E-state index in [1.54, 1.807) is 0 Å². The molecule has 0 saturated carbocycles. The summed E-state index contributed by atoms with van der Waals surface area (Å²) < 4.78 is 34.0. The van der Waals surface area contributed by atoms with Crippen LogP contribution in [0.4, 0.5) is 0 Å². The zero-order chi connectivity index (χ0) is 41.4. The average Bonchev–Trinajstić information content (AvgIpc) is 3.16. The first-order valence-electron chi connectivity index (χ1n) is 22.5. The molecule has 2 atom stereocenters. The minimum absolute atomic E-state index is 0.141. The first-order valence-corrected chi connectivity index (χ1v) is 23.9. The van der Waals surface area contributed by atoms with Gasteiger partial charge in [0.1, 0.15) is 19.8 Å². The second-order valence-electron chi connectivity index (χ2n) is 16.0. The number of quaternary nitrogens is 1. The quantitative estimate of drug-likeness (QED) is 0.00860. The molecular weight excluding hydrogens is 731 g/mol. The highest BCUT2D eigenvalue weighted by Crippen LogP contribution is 2.38. The Bertz CT molecular complexity index is 1070. The van der Waals surface area contributed by atoms with E-state index in [2.05, 4.69) is 36.0 Å². The van der Waals surface area contributed by atoms with Gasteiger partial charge >= 0.3 is 11.9 Å². The molecular formula is C43H83N4O8P. The Morgan fingerprint density at radius 1 is 0.661 bits per heavy atom. The number of carbonyl (C=O) groups is 2. The molecule has 328 valence electrons. The molecule has 56 heavy (non-hydrogen) atoms. The summed E-state index contributed by atoms with van der Waals surface area (Å²) in [6, 6.07) is 0. The van der Waals surface area contributed by atoms with E-state index in [4.69, 9.17) is 24.1 Å². The Balaban J connectivity index is 4.57. The second kappa shape index (κ2) is 38.6. The summed E-state index contributed by atoms with van der Waals surface area (Å²) in [5.41, 5.74) is 8.50. The fraction of sp³-hybridized carbons (Fsp3) is 0.907. The van der Waals surface area contributed by atoms with Crippen LogP contribution in [0.15, 0.2) is 17.3 Å². The number of phosphoric acid groups is 1. The van der Waals surface area contributed by atoms with Crippen molar-refractivity contribution in [1.82, 2.24) is 0 Å². The number of nitrogens with zero attached hydrogens (tertiary/aromatic N) is 4. The van der Waals surface area contributed by atoms with Gasteiger partial charge in [-0.3, -0.25) is 14.2 Å². The molecule has 0 aromatic carbocycles. The van der Waals surface area contributed by atoms with Gasteiger partial charge in [-0.2, -0.15) is 0 Å². The number of azide groups is 1. The highest BCUT2D eigenvalue weighted by Gasteiger charge is 2.22. The van der Waals surface area contributed by atoms with Gasteiger partial charge in [0.15, 0.2) is 6.10 Å². The van der Waals surface area contributed by atoms with Gasteiger partial charge in [-0.25, -0.2) is 0 Å². The first kappa shape index (κ1) is 54.1. The SMILES string of the molecule is CCCCCCCC/C=C\CCCCCCCC(=O)O[C@H](COC(=O)CCCCCCCCCCCCCCC)COP(=O)([O-])OCC[N+](C)(C)CCN=[N+]=[N-]. The maximum Gasteiger partial charge on any atom is 0.306 e. The molecule has 0 bridgehead atoms. The zero-order valence-corrected chi connectivity index (χ0v) is 37.2. The Hall–Kier alpha value is -1.94. The number of carbonyl (C=O) groups excluding carboxylic acids is 2. The van der Waals surface area contributed by atoms with Gasteiger partial charge in [-0.1, -0.05) is 160 Å². The number of unbranched alkanes of at least 4 members (excludes halogenated alkanes) is 23. The third-order valence-corrected chi connectivity index (χ3v) is 11.1. The minimum Gasteiger partial charge on any atom is -0.756 e. The summed E-state index contributed by atoms with van der Waals surface area (Å²) in [5.74, 6) is -0.891. The van der Waals surface area contributed by atoms with Crippen molar-refractivity contribution in [3.05, 3.63) is 22.6 Å². The van der Waals surface area contributed by atoms with Crippen LogP contribution in [-0.4, -0.2) is 76.1 Å². The normalized spacial score (nSPS) is 13.4. The van der Waals surface area contributed by atoms with Crippen LogP contribution in [0.5, 0.6) is 0 Å². The summed E-state index contributed by atoms with van der Waals surface area (Å²) in [6.07, 6.45) is 34.7. The molecule has 0 aliphatic rings. The van der Waals surface area contributed by atoms with E-state index in [1.807, 2.05) is 14.1 Å². The van der Waals surface area contributed by atoms with E-state index in [1.165, 1.54) is 103 Å². The van der Waals surface area contributed by atoms with E-state index in [-0.39, 0.29) is 32.6 Å². The van der Waals surface area contributed by atoms with Crippen LogP contribution in [0, 0.1) is 0 Å². The van der Waals surface area contributed by atoms with Gasteiger partial charge in [0.05, 0.1) is 33.8 Å². The zero-order valence-electron chi connectivity index (χ0n) is 36.3. The van der Waals surface area contributed by atoms with E-state index in [9.17, 15) is 19.0 Å². The van der Waals surface area contributed by atoms with Crippen LogP contribution >= 0.6 is 7.82 Å². The lowest BCUT2D eigenvalue weighted by molar-refractivity contribution is -0.888. The number of allylic oxidation sites excluding steroid dienone is 2. The van der Waals surface area contributed by atoms with Crippen LogP contribution in [-0.2, 0) is 32.7 Å². The molecule has 13 heteroatoms. The standard InChI is InChI=1S/C43H83N4O8P/c1-5-7-9-11-13-15-17-19-20-22-24-26-28-30-32-34-43(49)55-41(40-54-56(50,51)53-38-37-47(3,4)36-35-45-46-44)39-52-42(48)33-31-29-27-25-23-21-18-16-14-12-10-8-6-2/h19-20,41H,5-18,21-40H2,1-4H3/b20-19-/t41-/m1/s1. The maximum absolute atomic E-state index is 12.7. The molecule has 0 radical (unpaired) electrons. The number of hydrogen-bond acceptors (Lipinski definition) is 9. The van der Waals surface area contributed by atoms with E-state index in [0.29, 0.717) is 30.4 Å². The van der Waals surface area contributed by atoms with Crippen LogP contribution in [0.25, 0.3) is 10.4 Å². The summed E-state index contributed by atoms with van der Waals surface area (Å²) in [5, 5.41) is 3.52. The Labute approximate surface area is 342 Å². The van der Waals surface area contributed by atoms with Crippen molar-refractivity contribution in [3.8, 4) is 0 Å². The number of rotatable bonds is 42. The van der Waals surface area contributed by atoms with Crippen molar-refractivity contribution in [2.75, 3.05) is 53.6 Å². The third-order valence-electron chi connectivity index (χ3n) is 10.1. The minimum atomic E-state index is -4.73. The van der Waals surface area contributed by atoms with Crippen molar-refractivity contribution in [1.29, 1.82) is 0 Å². The fourth-order valence-electron chi connectivity index (χ4n) is 6.33. The molecule has 0 aliphatic carbocycles. The van der Waals surface area contributed by atoms with Crippen molar-refractivity contribution in [2.24, 2.45) is 5.11 Å². The summed E-state index contributed by atoms with van der Waals surface area (Å²) in [4.78, 5) is 40.5. The molecule has 0 rings (SSSR count). The Morgan fingerprint density at radius 2 is 1.11 bits per heavy atom. The van der Waals surface area contributed by atoms with Crippen LogP contribution in [0.1, 0.15) is 194 Å². The lowest BCUT2D eigenvalue weighted by Gasteiger charge is -2.31. The molecule has 0 heterocycles. The second-order valence-corrected chi connectivity index (χ2v) is 17.4. The largest absolute Gasteiger partial charge is 0.756 e. The van der Waals surface area contributed by atoms with Crippen molar-refractivity contribution in [3.63, 3.8) is 0 Å². The maximum atomic E-state index is 12.7.